The van der Waals surface area contributed by atoms with E-state index in [9.17, 15) is 5.11 Å². The molecule has 0 radical (unpaired) electrons. The number of aryl methyl sites for hydroxylation is 1. The van der Waals surface area contributed by atoms with Crippen molar-refractivity contribution >= 4 is 16.7 Å². The van der Waals surface area contributed by atoms with Gasteiger partial charge in [-0.2, -0.15) is 4.37 Å². The summed E-state index contributed by atoms with van der Waals surface area (Å²) >= 11 is 1.33. The molecule has 0 aliphatic carbocycles. The van der Waals surface area contributed by atoms with Gasteiger partial charge in [-0.25, -0.2) is 4.98 Å². The Labute approximate surface area is 124 Å². The molecule has 1 heterocycles. The molecule has 4 nitrogen and oxygen atoms in total. The fraction of sp³-hybridized carbons (Fsp3) is 0.467. The zero-order valence-electron chi connectivity index (χ0n) is 12.3. The molecule has 0 aliphatic rings. The molecule has 0 saturated heterocycles. The first kappa shape index (κ1) is 14.9. The molecule has 20 heavy (non-hydrogen) atoms. The van der Waals surface area contributed by atoms with E-state index >= 15 is 0 Å². The minimum absolute atomic E-state index is 0.0500. The van der Waals surface area contributed by atoms with Gasteiger partial charge in [0.1, 0.15) is 5.82 Å². The van der Waals surface area contributed by atoms with E-state index in [1.54, 1.807) is 0 Å². The second-order valence-electron chi connectivity index (χ2n) is 5.98. The molecule has 0 spiro atoms. The molecule has 0 aliphatic heterocycles. The fourth-order valence-electron chi connectivity index (χ4n) is 1.78. The second-order valence-corrected chi connectivity index (χ2v) is 6.74. The highest BCUT2D eigenvalue weighted by atomic mass is 32.1. The van der Waals surface area contributed by atoms with Crippen LogP contribution in [0.1, 0.15) is 43.8 Å². The summed E-state index contributed by atoms with van der Waals surface area (Å²) < 4.78 is 4.34. The Balaban J connectivity index is 1.97. The number of aliphatic hydroxyl groups excluding tert-OH is 1. The Kier molecular flexibility index (Phi) is 4.40. The summed E-state index contributed by atoms with van der Waals surface area (Å²) in [6, 6.07) is 7.90. The van der Waals surface area contributed by atoms with Crippen LogP contribution < -0.4 is 5.32 Å². The lowest BCUT2D eigenvalue weighted by molar-refractivity contribution is 0.191. The maximum atomic E-state index is 10.2. The average Bonchev–Trinajstić information content (AvgIpc) is 2.84. The first-order chi connectivity index (χ1) is 9.36. The molecule has 2 rings (SSSR count). The minimum Gasteiger partial charge on any atom is -0.387 e. The number of rotatable bonds is 4. The van der Waals surface area contributed by atoms with Gasteiger partial charge in [0.15, 0.2) is 0 Å². The van der Waals surface area contributed by atoms with Crippen LogP contribution in [0.15, 0.2) is 24.3 Å². The van der Waals surface area contributed by atoms with Crippen LogP contribution in [0, 0.1) is 6.92 Å². The van der Waals surface area contributed by atoms with Crippen molar-refractivity contribution in [3.8, 4) is 0 Å². The number of anilines is 1. The van der Waals surface area contributed by atoms with Crippen molar-refractivity contribution in [1.29, 1.82) is 0 Å². The lowest BCUT2D eigenvalue weighted by Crippen LogP contribution is -2.14. The van der Waals surface area contributed by atoms with Gasteiger partial charge in [-0.15, -0.1) is 0 Å². The molecule has 0 bridgehead atoms. The van der Waals surface area contributed by atoms with Crippen LogP contribution in [-0.4, -0.2) is 21.0 Å². The highest BCUT2D eigenvalue weighted by molar-refractivity contribution is 7.09. The van der Waals surface area contributed by atoms with Crippen LogP contribution in [0.3, 0.4) is 0 Å². The predicted octanol–water partition coefficient (Wildman–Crippen LogP) is 3.29. The molecule has 2 N–H and O–H groups in total. The van der Waals surface area contributed by atoms with Crippen LogP contribution in [0.25, 0.3) is 0 Å². The maximum absolute atomic E-state index is 10.2. The molecular formula is C15H21N3OS. The van der Waals surface area contributed by atoms with E-state index in [0.717, 1.165) is 22.1 Å². The van der Waals surface area contributed by atoms with Gasteiger partial charge >= 0.3 is 0 Å². The Morgan fingerprint density at radius 2 is 2.10 bits per heavy atom. The molecule has 1 atom stereocenters. The Morgan fingerprint density at radius 3 is 2.70 bits per heavy atom. The largest absolute Gasteiger partial charge is 0.387 e. The molecule has 1 aromatic heterocycles. The summed E-state index contributed by atoms with van der Waals surface area (Å²) in [6.07, 6.45) is -0.545. The van der Waals surface area contributed by atoms with Crippen LogP contribution in [0.5, 0.6) is 0 Å². The van der Waals surface area contributed by atoms with E-state index in [2.05, 4.69) is 35.4 Å². The van der Waals surface area contributed by atoms with Crippen molar-refractivity contribution in [3.63, 3.8) is 0 Å². The summed E-state index contributed by atoms with van der Waals surface area (Å²) in [5, 5.41) is 14.1. The van der Waals surface area contributed by atoms with Crippen molar-refractivity contribution < 1.29 is 5.11 Å². The number of hydrogen-bond donors (Lipinski definition) is 2. The van der Waals surface area contributed by atoms with E-state index in [4.69, 9.17) is 0 Å². The zero-order valence-corrected chi connectivity index (χ0v) is 13.2. The summed E-state index contributed by atoms with van der Waals surface area (Å²) in [5.41, 5.74) is 2.01. The number of nitrogens with one attached hydrogen (secondary N) is 1. The number of nitrogens with zero attached hydrogens (tertiary/aromatic N) is 2. The summed E-state index contributed by atoms with van der Waals surface area (Å²) in [7, 11) is 0. The van der Waals surface area contributed by atoms with Crippen LogP contribution in [0.2, 0.25) is 0 Å². The molecule has 0 saturated carbocycles. The Morgan fingerprint density at radius 1 is 1.35 bits per heavy atom. The van der Waals surface area contributed by atoms with Gasteiger partial charge in [0, 0.05) is 23.5 Å². The summed E-state index contributed by atoms with van der Waals surface area (Å²) in [4.78, 5) is 4.45. The number of benzene rings is 1. The standard InChI is InChI=1S/C15H21N3OS/c1-10-6-5-7-11(8-10)12(19)9-16-14-17-13(18-20-14)15(2,3)4/h5-8,12,19H,9H2,1-4H3,(H,16,17,18). The van der Waals surface area contributed by atoms with E-state index in [1.165, 1.54) is 11.5 Å². The normalized spacial score (nSPS) is 13.2. The quantitative estimate of drug-likeness (QED) is 0.907. The number of hydrogen-bond acceptors (Lipinski definition) is 5. The number of aliphatic hydroxyl groups is 1. The molecule has 2 aromatic rings. The van der Waals surface area contributed by atoms with Crippen LogP contribution in [-0.2, 0) is 5.41 Å². The van der Waals surface area contributed by atoms with E-state index in [1.807, 2.05) is 31.2 Å². The summed E-state index contributed by atoms with van der Waals surface area (Å²) in [6.45, 7) is 8.70. The van der Waals surface area contributed by atoms with Crippen molar-refractivity contribution in [2.45, 2.75) is 39.2 Å². The SMILES string of the molecule is Cc1cccc(C(O)CNc2nc(C(C)(C)C)ns2)c1. The Hall–Kier alpha value is -1.46. The van der Waals surface area contributed by atoms with Gasteiger partial charge < -0.3 is 10.4 Å². The van der Waals surface area contributed by atoms with Crippen molar-refractivity contribution in [3.05, 3.63) is 41.2 Å². The van der Waals surface area contributed by atoms with Gasteiger partial charge in [-0.05, 0) is 12.5 Å². The van der Waals surface area contributed by atoms with Gasteiger partial charge in [0.25, 0.3) is 0 Å². The third kappa shape index (κ3) is 3.77. The molecule has 1 aromatic carbocycles. The average molecular weight is 291 g/mol. The van der Waals surface area contributed by atoms with Crippen molar-refractivity contribution in [2.24, 2.45) is 0 Å². The van der Waals surface area contributed by atoms with E-state index in [-0.39, 0.29) is 5.41 Å². The van der Waals surface area contributed by atoms with Crippen LogP contribution in [0.4, 0.5) is 5.13 Å². The maximum Gasteiger partial charge on any atom is 0.202 e. The van der Waals surface area contributed by atoms with Gasteiger partial charge in [-0.1, -0.05) is 50.6 Å². The highest BCUT2D eigenvalue weighted by Crippen LogP contribution is 2.23. The molecule has 108 valence electrons. The van der Waals surface area contributed by atoms with Gasteiger partial charge in [0.05, 0.1) is 6.10 Å². The lowest BCUT2D eigenvalue weighted by atomic mass is 9.96. The minimum atomic E-state index is -0.545. The van der Waals surface area contributed by atoms with E-state index in [0.29, 0.717) is 6.54 Å². The van der Waals surface area contributed by atoms with Crippen LogP contribution >= 0.6 is 11.5 Å². The number of aromatic nitrogens is 2. The Bertz CT molecular complexity index is 574. The monoisotopic (exact) mass is 291 g/mol. The van der Waals surface area contributed by atoms with Crippen molar-refractivity contribution in [1.82, 2.24) is 9.36 Å². The smallest absolute Gasteiger partial charge is 0.202 e. The zero-order chi connectivity index (χ0) is 14.8. The lowest BCUT2D eigenvalue weighted by Gasteiger charge is -2.13. The fourth-order valence-corrected chi connectivity index (χ4v) is 2.54. The predicted molar refractivity (Wildman–Crippen MR) is 83.2 cm³/mol. The second kappa shape index (κ2) is 5.89. The van der Waals surface area contributed by atoms with Crippen molar-refractivity contribution in [2.75, 3.05) is 11.9 Å². The first-order valence-corrected chi connectivity index (χ1v) is 7.46. The van der Waals surface area contributed by atoms with Gasteiger partial charge in [0.2, 0.25) is 5.13 Å². The highest BCUT2D eigenvalue weighted by Gasteiger charge is 2.19. The third-order valence-electron chi connectivity index (χ3n) is 2.97. The summed E-state index contributed by atoms with van der Waals surface area (Å²) in [5.74, 6) is 0.829. The van der Waals surface area contributed by atoms with Gasteiger partial charge in [-0.3, -0.25) is 0 Å². The molecule has 5 heteroatoms. The molecule has 1 unspecified atom stereocenters. The molecule has 0 amide bonds. The third-order valence-corrected chi connectivity index (χ3v) is 3.64. The molecular weight excluding hydrogens is 270 g/mol. The molecule has 0 fully saturated rings. The topological polar surface area (TPSA) is 58.0 Å². The van der Waals surface area contributed by atoms with E-state index < -0.39 is 6.10 Å². The first-order valence-electron chi connectivity index (χ1n) is 6.69.